The van der Waals surface area contributed by atoms with Crippen LogP contribution in [0.2, 0.25) is 0 Å². The molecule has 128 valence electrons. The first-order valence-corrected chi connectivity index (χ1v) is 8.99. The van der Waals surface area contributed by atoms with Crippen LogP contribution in [0.4, 0.5) is 5.69 Å². The molecule has 25 heavy (non-hydrogen) atoms. The summed E-state index contributed by atoms with van der Waals surface area (Å²) >= 11 is 1.52. The number of hydrogen-bond donors (Lipinski definition) is 2. The van der Waals surface area contributed by atoms with Crippen LogP contribution in [-0.2, 0) is 4.79 Å². The Labute approximate surface area is 151 Å². The third-order valence-corrected chi connectivity index (χ3v) is 5.11. The van der Waals surface area contributed by atoms with Gasteiger partial charge in [0.2, 0.25) is 5.91 Å². The molecule has 0 bridgehead atoms. The molecule has 0 spiro atoms. The van der Waals surface area contributed by atoms with Gasteiger partial charge in [0, 0.05) is 39.7 Å². The fourth-order valence-corrected chi connectivity index (χ4v) is 3.80. The molecular formula is C20H20N2O2S. The minimum atomic E-state index is -0.204. The molecule has 0 saturated carbocycles. The van der Waals surface area contributed by atoms with E-state index in [0.29, 0.717) is 0 Å². The Morgan fingerprint density at radius 2 is 1.76 bits per heavy atom. The number of fused-ring (bicyclic) bond motifs is 1. The van der Waals surface area contributed by atoms with Gasteiger partial charge in [-0.3, -0.25) is 9.59 Å². The number of nitrogens with one attached hydrogen (secondary N) is 2. The summed E-state index contributed by atoms with van der Waals surface area (Å²) < 4.78 is 0. The fraction of sp³-hybridized carbons (Fsp3) is 0.200. The third kappa shape index (κ3) is 3.77. The minimum Gasteiger partial charge on any atom is -0.358 e. The van der Waals surface area contributed by atoms with Crippen LogP contribution in [0.25, 0.3) is 10.9 Å². The van der Waals surface area contributed by atoms with E-state index in [-0.39, 0.29) is 16.9 Å². The molecule has 4 nitrogen and oxygen atoms in total. The Bertz CT molecular complexity index is 929. The van der Waals surface area contributed by atoms with Crippen LogP contribution in [-0.4, -0.2) is 21.9 Å². The smallest absolute Gasteiger partial charge is 0.221 e. The molecule has 0 saturated heterocycles. The fourth-order valence-electron chi connectivity index (χ4n) is 2.88. The standard InChI is InChI=1S/C20H20N2O2S/c1-12-19(17-6-4-5-7-18(17)21-12)20(24)13(2)25-16-10-8-15(9-11-16)22-14(3)23/h4-11,13,21H,1-3H3,(H,22,23)/t13-/m0/s1. The number of carbonyl (C=O) groups is 2. The van der Waals surface area contributed by atoms with E-state index in [2.05, 4.69) is 10.3 Å². The van der Waals surface area contributed by atoms with E-state index in [4.69, 9.17) is 0 Å². The van der Waals surface area contributed by atoms with Crippen molar-refractivity contribution in [1.82, 2.24) is 4.98 Å². The predicted octanol–water partition coefficient (Wildman–Crippen LogP) is 4.80. The van der Waals surface area contributed by atoms with Crippen molar-refractivity contribution in [3.63, 3.8) is 0 Å². The highest BCUT2D eigenvalue weighted by atomic mass is 32.2. The van der Waals surface area contributed by atoms with Crippen LogP contribution in [0.15, 0.2) is 53.4 Å². The Kier molecular flexibility index (Phi) is 4.95. The van der Waals surface area contributed by atoms with Gasteiger partial charge < -0.3 is 10.3 Å². The number of para-hydroxylation sites is 1. The molecule has 1 heterocycles. The maximum atomic E-state index is 13.0. The maximum absolute atomic E-state index is 13.0. The van der Waals surface area contributed by atoms with E-state index >= 15 is 0 Å². The van der Waals surface area contributed by atoms with Crippen molar-refractivity contribution in [1.29, 1.82) is 0 Å². The van der Waals surface area contributed by atoms with Gasteiger partial charge in [0.25, 0.3) is 0 Å². The summed E-state index contributed by atoms with van der Waals surface area (Å²) in [4.78, 5) is 28.3. The van der Waals surface area contributed by atoms with Crippen LogP contribution < -0.4 is 5.32 Å². The van der Waals surface area contributed by atoms with E-state index in [1.54, 1.807) is 0 Å². The number of rotatable bonds is 5. The molecular weight excluding hydrogens is 332 g/mol. The summed E-state index contributed by atoms with van der Waals surface area (Å²) in [6.07, 6.45) is 0. The number of aryl methyl sites for hydroxylation is 1. The molecule has 2 N–H and O–H groups in total. The monoisotopic (exact) mass is 352 g/mol. The number of ketones is 1. The molecule has 0 aliphatic heterocycles. The van der Waals surface area contributed by atoms with Gasteiger partial charge in [-0.25, -0.2) is 0 Å². The first kappa shape index (κ1) is 17.3. The number of aromatic nitrogens is 1. The molecule has 0 aliphatic rings. The van der Waals surface area contributed by atoms with E-state index in [1.165, 1.54) is 18.7 Å². The van der Waals surface area contributed by atoms with Gasteiger partial charge in [-0.15, -0.1) is 11.8 Å². The van der Waals surface area contributed by atoms with Crippen LogP contribution in [0, 0.1) is 6.92 Å². The van der Waals surface area contributed by atoms with Gasteiger partial charge >= 0.3 is 0 Å². The number of aromatic amines is 1. The molecule has 1 atom stereocenters. The summed E-state index contributed by atoms with van der Waals surface area (Å²) in [5.41, 5.74) is 3.41. The summed E-state index contributed by atoms with van der Waals surface area (Å²) in [7, 11) is 0. The number of Topliss-reactive ketones (excluding diaryl/α,β-unsaturated/α-hetero) is 1. The maximum Gasteiger partial charge on any atom is 0.221 e. The van der Waals surface area contributed by atoms with E-state index in [9.17, 15) is 9.59 Å². The zero-order valence-electron chi connectivity index (χ0n) is 14.4. The topological polar surface area (TPSA) is 62.0 Å². The minimum absolute atomic E-state index is 0.0984. The van der Waals surface area contributed by atoms with Crippen molar-refractivity contribution in [2.24, 2.45) is 0 Å². The first-order chi connectivity index (χ1) is 12.0. The molecule has 0 aliphatic carbocycles. The average molecular weight is 352 g/mol. The van der Waals surface area contributed by atoms with Crippen LogP contribution >= 0.6 is 11.8 Å². The van der Waals surface area contributed by atoms with Gasteiger partial charge in [-0.2, -0.15) is 0 Å². The Morgan fingerprint density at radius 1 is 1.08 bits per heavy atom. The number of benzene rings is 2. The normalized spacial score (nSPS) is 12.1. The van der Waals surface area contributed by atoms with Gasteiger partial charge in [-0.05, 0) is 44.2 Å². The summed E-state index contributed by atoms with van der Waals surface area (Å²) in [6.45, 7) is 5.34. The van der Waals surface area contributed by atoms with Crippen molar-refractivity contribution in [2.75, 3.05) is 5.32 Å². The quantitative estimate of drug-likeness (QED) is 0.512. The third-order valence-electron chi connectivity index (χ3n) is 4.00. The summed E-state index contributed by atoms with van der Waals surface area (Å²) in [6, 6.07) is 15.4. The number of hydrogen-bond acceptors (Lipinski definition) is 3. The Balaban J connectivity index is 1.78. The molecule has 1 amide bonds. The van der Waals surface area contributed by atoms with Gasteiger partial charge in [0.15, 0.2) is 5.78 Å². The second kappa shape index (κ2) is 7.15. The van der Waals surface area contributed by atoms with Gasteiger partial charge in [-0.1, -0.05) is 18.2 Å². The van der Waals surface area contributed by atoms with Gasteiger partial charge in [0.1, 0.15) is 0 Å². The highest BCUT2D eigenvalue weighted by Gasteiger charge is 2.22. The average Bonchev–Trinajstić information content (AvgIpc) is 2.91. The van der Waals surface area contributed by atoms with Crippen molar-refractivity contribution in [2.45, 2.75) is 30.9 Å². The lowest BCUT2D eigenvalue weighted by atomic mass is 10.1. The predicted molar refractivity (Wildman–Crippen MR) is 103 cm³/mol. The van der Waals surface area contributed by atoms with Crippen molar-refractivity contribution < 1.29 is 9.59 Å². The number of thioether (sulfide) groups is 1. The number of H-pyrrole nitrogens is 1. The second-order valence-corrected chi connectivity index (χ2v) is 7.41. The SMILES string of the molecule is CC(=O)Nc1ccc(S[C@@H](C)C(=O)c2c(C)[nH]c3ccccc23)cc1. The van der Waals surface area contributed by atoms with Crippen LogP contribution in [0.3, 0.4) is 0 Å². The highest BCUT2D eigenvalue weighted by Crippen LogP contribution is 2.30. The number of anilines is 1. The molecule has 0 unspecified atom stereocenters. The van der Waals surface area contributed by atoms with Crippen LogP contribution in [0.1, 0.15) is 29.9 Å². The molecule has 0 radical (unpaired) electrons. The molecule has 1 aromatic heterocycles. The van der Waals surface area contributed by atoms with Crippen molar-refractivity contribution in [3.8, 4) is 0 Å². The molecule has 3 aromatic rings. The lowest BCUT2D eigenvalue weighted by Gasteiger charge is -2.11. The second-order valence-electron chi connectivity index (χ2n) is 6.00. The largest absolute Gasteiger partial charge is 0.358 e. The molecule has 3 rings (SSSR count). The van der Waals surface area contributed by atoms with Gasteiger partial charge in [0.05, 0.1) is 5.25 Å². The lowest BCUT2D eigenvalue weighted by molar-refractivity contribution is -0.114. The molecule has 2 aromatic carbocycles. The van der Waals surface area contributed by atoms with Crippen LogP contribution in [0.5, 0.6) is 0 Å². The zero-order chi connectivity index (χ0) is 18.0. The van der Waals surface area contributed by atoms with E-state index in [0.717, 1.165) is 32.7 Å². The Morgan fingerprint density at radius 3 is 2.44 bits per heavy atom. The first-order valence-electron chi connectivity index (χ1n) is 8.11. The van der Waals surface area contributed by atoms with Crippen molar-refractivity contribution >= 4 is 40.0 Å². The number of amides is 1. The Hall–Kier alpha value is -2.53. The summed E-state index contributed by atoms with van der Waals surface area (Å²) in [5, 5.41) is 3.51. The number of carbonyl (C=O) groups excluding carboxylic acids is 2. The summed E-state index contributed by atoms with van der Waals surface area (Å²) in [5.74, 6) is 0.0182. The molecule has 0 fully saturated rings. The lowest BCUT2D eigenvalue weighted by Crippen LogP contribution is -2.14. The zero-order valence-corrected chi connectivity index (χ0v) is 15.2. The van der Waals surface area contributed by atoms with E-state index in [1.807, 2.05) is 62.4 Å². The molecule has 5 heteroatoms. The van der Waals surface area contributed by atoms with Crippen molar-refractivity contribution in [3.05, 3.63) is 59.8 Å². The highest BCUT2D eigenvalue weighted by molar-refractivity contribution is 8.00. The van der Waals surface area contributed by atoms with E-state index < -0.39 is 0 Å².